The molecule has 184 valence electrons. The van der Waals surface area contributed by atoms with Gasteiger partial charge in [0.1, 0.15) is 11.5 Å². The Balaban J connectivity index is 0.000000692. The van der Waals surface area contributed by atoms with E-state index in [0.29, 0.717) is 12.2 Å². The molecule has 5 nitrogen and oxygen atoms in total. The highest BCUT2D eigenvalue weighted by atomic mass is 31.1. The first-order valence-electron chi connectivity index (χ1n) is 11.9. The molecule has 6 heteroatoms. The number of rotatable bonds is 5. The van der Waals surface area contributed by atoms with E-state index >= 15 is 0 Å². The summed E-state index contributed by atoms with van der Waals surface area (Å²) in [5.41, 5.74) is 8.02. The van der Waals surface area contributed by atoms with Crippen molar-refractivity contribution in [3.8, 4) is 5.75 Å². The number of ether oxygens (including phenoxy) is 1. The van der Waals surface area contributed by atoms with E-state index in [0.717, 1.165) is 50.5 Å². The number of para-hydroxylation sites is 1. The van der Waals surface area contributed by atoms with Crippen molar-refractivity contribution < 1.29 is 14.6 Å². The zero-order valence-electron chi connectivity index (χ0n) is 21.1. The zero-order chi connectivity index (χ0) is 25.8. The maximum absolute atomic E-state index is 11.7. The van der Waals surface area contributed by atoms with E-state index in [1.165, 1.54) is 8.20 Å². The number of hydrogen-bond acceptors (Lipinski definition) is 4. The monoisotopic (exact) mass is 498 g/mol. The summed E-state index contributed by atoms with van der Waals surface area (Å²) in [4.78, 5) is 11.7. The molecule has 36 heavy (non-hydrogen) atoms. The number of carbonyl (C=O) groups is 1. The van der Waals surface area contributed by atoms with Crippen LogP contribution in [0, 0.1) is 6.92 Å². The Hall–Kier alpha value is -3.82. The standard InChI is InChI=1S/C27H28N2O3.C3H3P/c1-15-11-22-17(3)18(4)25(20-10-16(2)13-28-14-20)32-26(22)23(12-15)19(5)29-24-9-7-6-8-21(24)27(30)31;1-2-4-3-1/h6-13,19,28-29H,3,14H2,1-2,4-5H3,(H,30,31);1-3H. The largest absolute Gasteiger partial charge is 0.478 e. The van der Waals surface area contributed by atoms with E-state index in [9.17, 15) is 9.90 Å². The molecule has 0 saturated heterocycles. The van der Waals surface area contributed by atoms with Gasteiger partial charge in [-0.1, -0.05) is 39.1 Å². The van der Waals surface area contributed by atoms with Crippen LogP contribution >= 0.6 is 8.20 Å². The Morgan fingerprint density at radius 1 is 1.22 bits per heavy atom. The molecule has 0 radical (unpaired) electrons. The quantitative estimate of drug-likeness (QED) is 0.379. The zero-order valence-corrected chi connectivity index (χ0v) is 21.9. The maximum Gasteiger partial charge on any atom is 0.337 e. The summed E-state index contributed by atoms with van der Waals surface area (Å²) in [6, 6.07) is 10.9. The van der Waals surface area contributed by atoms with Crippen LogP contribution < -0.4 is 15.4 Å². The summed E-state index contributed by atoms with van der Waals surface area (Å²) >= 11 is 0. The van der Waals surface area contributed by atoms with E-state index in [-0.39, 0.29) is 11.6 Å². The summed E-state index contributed by atoms with van der Waals surface area (Å²) in [5.74, 6) is 4.82. The number of aromatic carboxylic acids is 1. The summed E-state index contributed by atoms with van der Waals surface area (Å²) in [6.07, 6.45) is 6.17. The molecule has 0 bridgehead atoms. The van der Waals surface area contributed by atoms with E-state index in [2.05, 4.69) is 47.0 Å². The molecule has 0 aromatic heterocycles. The van der Waals surface area contributed by atoms with Gasteiger partial charge >= 0.3 is 5.97 Å². The fraction of sp³-hybridized carbons (Fsp3) is 0.200. The number of dihydropyridines is 1. The number of fused-ring (bicyclic) bond motifs is 1. The minimum Gasteiger partial charge on any atom is -0.478 e. The van der Waals surface area contributed by atoms with E-state index in [1.807, 2.05) is 46.0 Å². The minimum absolute atomic E-state index is 0.184. The number of carboxylic acids is 1. The molecule has 3 aliphatic heterocycles. The average Bonchev–Trinajstić information content (AvgIpc) is 2.80. The lowest BCUT2D eigenvalue weighted by atomic mass is 9.89. The highest BCUT2D eigenvalue weighted by Crippen LogP contribution is 2.44. The topological polar surface area (TPSA) is 70.6 Å². The van der Waals surface area contributed by atoms with Crippen LogP contribution in [-0.2, 0) is 0 Å². The van der Waals surface area contributed by atoms with E-state index in [4.69, 9.17) is 4.74 Å². The highest BCUT2D eigenvalue weighted by molar-refractivity contribution is 7.44. The molecule has 0 fully saturated rings. The van der Waals surface area contributed by atoms with Gasteiger partial charge in [-0.05, 0) is 92.1 Å². The smallest absolute Gasteiger partial charge is 0.337 e. The third-order valence-electron chi connectivity index (χ3n) is 6.24. The number of anilines is 1. The summed E-state index contributed by atoms with van der Waals surface area (Å²) < 4.78 is 6.55. The van der Waals surface area contributed by atoms with Crippen molar-refractivity contribution in [2.75, 3.05) is 11.9 Å². The van der Waals surface area contributed by atoms with Crippen LogP contribution in [0.25, 0.3) is 5.57 Å². The molecule has 0 amide bonds. The van der Waals surface area contributed by atoms with Gasteiger partial charge in [-0.25, -0.2) is 4.79 Å². The van der Waals surface area contributed by atoms with Crippen LogP contribution in [0.3, 0.4) is 0 Å². The van der Waals surface area contributed by atoms with Gasteiger partial charge < -0.3 is 20.5 Å². The highest BCUT2D eigenvalue weighted by Gasteiger charge is 2.28. The molecule has 3 heterocycles. The Morgan fingerprint density at radius 2 is 1.92 bits per heavy atom. The van der Waals surface area contributed by atoms with E-state index in [1.54, 1.807) is 18.2 Å². The van der Waals surface area contributed by atoms with Crippen LogP contribution in [0.4, 0.5) is 5.69 Å². The van der Waals surface area contributed by atoms with Crippen molar-refractivity contribution >= 4 is 31.2 Å². The molecule has 3 N–H and O–H groups in total. The van der Waals surface area contributed by atoms with Gasteiger partial charge in [-0.2, -0.15) is 0 Å². The number of aryl methyl sites for hydroxylation is 1. The predicted octanol–water partition coefficient (Wildman–Crippen LogP) is 7.24. The first-order valence-corrected chi connectivity index (χ1v) is 12.9. The van der Waals surface area contributed by atoms with Crippen molar-refractivity contribution in [1.82, 2.24) is 5.32 Å². The van der Waals surface area contributed by atoms with Gasteiger partial charge in [-0.3, -0.25) is 0 Å². The maximum atomic E-state index is 11.7. The normalized spacial score (nSPS) is 16.7. The van der Waals surface area contributed by atoms with Gasteiger partial charge in [0.15, 0.2) is 0 Å². The summed E-state index contributed by atoms with van der Waals surface area (Å²) in [6.45, 7) is 13.2. The van der Waals surface area contributed by atoms with Crippen LogP contribution in [0.2, 0.25) is 0 Å². The first kappa shape index (κ1) is 25.3. The molecule has 0 saturated carbocycles. The van der Waals surface area contributed by atoms with Gasteiger partial charge in [0.05, 0.1) is 11.6 Å². The van der Waals surface area contributed by atoms with Crippen molar-refractivity contribution in [2.24, 2.45) is 0 Å². The molecule has 2 aromatic rings. The second-order valence-electron chi connectivity index (χ2n) is 9.06. The van der Waals surface area contributed by atoms with Crippen LogP contribution in [0.5, 0.6) is 5.75 Å². The average molecular weight is 499 g/mol. The lowest BCUT2D eigenvalue weighted by Gasteiger charge is -2.30. The number of nitrogens with one attached hydrogen (secondary N) is 2. The molecule has 1 atom stereocenters. The summed E-state index contributed by atoms with van der Waals surface area (Å²) in [7, 11) is 1.37. The molecular formula is C30H31N2O3P. The Morgan fingerprint density at radius 3 is 2.56 bits per heavy atom. The Kier molecular flexibility index (Phi) is 7.61. The van der Waals surface area contributed by atoms with Crippen molar-refractivity contribution in [3.63, 3.8) is 0 Å². The second-order valence-corrected chi connectivity index (χ2v) is 9.96. The van der Waals surface area contributed by atoms with Crippen LogP contribution in [0.1, 0.15) is 53.9 Å². The number of hydrogen-bond donors (Lipinski definition) is 3. The molecule has 1 unspecified atom stereocenters. The lowest BCUT2D eigenvalue weighted by molar-refractivity contribution is 0.0698. The van der Waals surface area contributed by atoms with Gasteiger partial charge in [0, 0.05) is 28.9 Å². The molecule has 5 rings (SSSR count). The second kappa shape index (κ2) is 10.8. The number of benzene rings is 2. The fourth-order valence-electron chi connectivity index (χ4n) is 4.31. The first-order chi connectivity index (χ1) is 17.3. The fourth-order valence-corrected chi connectivity index (χ4v) is 4.48. The lowest BCUT2D eigenvalue weighted by Crippen LogP contribution is -2.22. The molecule has 0 aliphatic carbocycles. The third kappa shape index (κ3) is 5.37. The van der Waals surface area contributed by atoms with Gasteiger partial charge in [0.2, 0.25) is 0 Å². The predicted molar refractivity (Wildman–Crippen MR) is 151 cm³/mol. The van der Waals surface area contributed by atoms with Crippen molar-refractivity contribution in [1.29, 1.82) is 0 Å². The van der Waals surface area contributed by atoms with Gasteiger partial charge in [-0.15, -0.1) is 0 Å². The Bertz CT molecular complexity index is 1360. The SMILES string of the molecule is C1=CP=C1.C=C1C(C)=C(C2=CC(C)=CNC2)Oc2c1cc(C)cc2C(C)Nc1ccccc1C(=O)O. The number of carboxylic acid groups (broad SMARTS) is 1. The van der Waals surface area contributed by atoms with Crippen molar-refractivity contribution in [3.05, 3.63) is 112 Å². The Labute approximate surface area is 214 Å². The molecule has 0 spiro atoms. The number of allylic oxidation sites excluding steroid dienone is 5. The van der Waals surface area contributed by atoms with Gasteiger partial charge in [0.25, 0.3) is 0 Å². The third-order valence-corrected chi connectivity index (χ3v) is 6.93. The molecule has 3 aliphatic rings. The van der Waals surface area contributed by atoms with Crippen molar-refractivity contribution in [2.45, 2.75) is 33.7 Å². The molecular weight excluding hydrogens is 467 g/mol. The summed E-state index contributed by atoms with van der Waals surface area (Å²) in [5, 5.41) is 16.2. The minimum atomic E-state index is -0.961. The van der Waals surface area contributed by atoms with E-state index < -0.39 is 5.97 Å². The molecule has 2 aromatic carbocycles. The van der Waals surface area contributed by atoms with Crippen LogP contribution in [0.15, 0.2) is 89.6 Å². The van der Waals surface area contributed by atoms with Crippen LogP contribution in [-0.4, -0.2) is 23.4 Å².